The second-order valence-corrected chi connectivity index (χ2v) is 3.94. The Balaban J connectivity index is 3.02. The Kier molecular flexibility index (Phi) is 2.36. The van der Waals surface area contributed by atoms with Crippen LogP contribution in [0, 0.1) is 5.41 Å². The van der Waals surface area contributed by atoms with E-state index >= 15 is 0 Å². The topological polar surface area (TPSA) is 82.2 Å². The third-order valence-corrected chi connectivity index (χ3v) is 2.04. The monoisotopic (exact) mass is 184 g/mol. The maximum atomic E-state index is 11.3. The van der Waals surface area contributed by atoms with Gasteiger partial charge in [0.1, 0.15) is 5.71 Å². The van der Waals surface area contributed by atoms with E-state index in [1.807, 2.05) is 13.8 Å². The largest absolute Gasteiger partial charge is 0.411 e. The lowest BCUT2D eigenvalue weighted by Gasteiger charge is -2.28. The van der Waals surface area contributed by atoms with Gasteiger partial charge in [-0.3, -0.25) is 4.79 Å². The number of hydrogen-bond acceptors (Lipinski definition) is 5. The van der Waals surface area contributed by atoms with E-state index in [1.54, 1.807) is 0 Å². The molecule has 5 heteroatoms. The van der Waals surface area contributed by atoms with Gasteiger partial charge in [0.05, 0.1) is 0 Å². The van der Waals surface area contributed by atoms with Crippen LogP contribution in [0.4, 0.5) is 0 Å². The number of Topliss-reactive ketones (excluding diaryl/α,β-unsaturated/α-hetero) is 1. The minimum absolute atomic E-state index is 0.123. The lowest BCUT2D eigenvalue weighted by Crippen LogP contribution is -2.38. The SMILES string of the molecule is CC1(C)CC(=O)C(=N/O)/C(=N\O)C1. The van der Waals surface area contributed by atoms with Crippen LogP contribution in [0.5, 0.6) is 0 Å². The molecule has 1 saturated carbocycles. The van der Waals surface area contributed by atoms with E-state index in [1.165, 1.54) is 0 Å². The van der Waals surface area contributed by atoms with Gasteiger partial charge >= 0.3 is 0 Å². The normalized spacial score (nSPS) is 28.3. The Morgan fingerprint density at radius 1 is 1.23 bits per heavy atom. The van der Waals surface area contributed by atoms with Crippen LogP contribution in [-0.2, 0) is 4.79 Å². The summed E-state index contributed by atoms with van der Waals surface area (Å²) in [6.45, 7) is 3.79. The average Bonchev–Trinajstić information content (AvgIpc) is 2.01. The van der Waals surface area contributed by atoms with Crippen LogP contribution in [0.3, 0.4) is 0 Å². The molecule has 1 aliphatic rings. The van der Waals surface area contributed by atoms with Gasteiger partial charge in [-0.1, -0.05) is 24.2 Å². The number of oxime groups is 2. The number of carbonyl (C=O) groups is 1. The molecule has 0 aromatic carbocycles. The molecule has 0 aliphatic heterocycles. The van der Waals surface area contributed by atoms with Crippen molar-refractivity contribution in [3.05, 3.63) is 0 Å². The maximum Gasteiger partial charge on any atom is 0.187 e. The van der Waals surface area contributed by atoms with Crippen LogP contribution in [0.1, 0.15) is 26.7 Å². The van der Waals surface area contributed by atoms with Crippen LogP contribution >= 0.6 is 0 Å². The van der Waals surface area contributed by atoms with Crippen molar-refractivity contribution in [3.8, 4) is 0 Å². The Hall–Kier alpha value is -1.39. The molecule has 0 bridgehead atoms. The zero-order valence-electron chi connectivity index (χ0n) is 7.61. The van der Waals surface area contributed by atoms with E-state index in [4.69, 9.17) is 10.4 Å². The maximum absolute atomic E-state index is 11.3. The summed E-state index contributed by atoms with van der Waals surface area (Å²) in [5, 5.41) is 22.9. The van der Waals surface area contributed by atoms with Gasteiger partial charge in [0.15, 0.2) is 11.5 Å². The molecule has 1 rings (SSSR count). The van der Waals surface area contributed by atoms with Gasteiger partial charge in [-0.2, -0.15) is 0 Å². The van der Waals surface area contributed by atoms with E-state index in [-0.39, 0.29) is 22.6 Å². The summed E-state index contributed by atoms with van der Waals surface area (Å²) in [5.41, 5.74) is -0.196. The summed E-state index contributed by atoms with van der Waals surface area (Å²) in [6.07, 6.45) is 0.750. The molecule has 13 heavy (non-hydrogen) atoms. The quantitative estimate of drug-likeness (QED) is 0.435. The summed E-state index contributed by atoms with van der Waals surface area (Å²) in [5.74, 6) is -0.286. The van der Waals surface area contributed by atoms with Crippen molar-refractivity contribution in [2.24, 2.45) is 15.7 Å². The van der Waals surface area contributed by atoms with Gasteiger partial charge in [-0.15, -0.1) is 0 Å². The lowest BCUT2D eigenvalue weighted by molar-refractivity contribution is -0.114. The first-order valence-electron chi connectivity index (χ1n) is 3.97. The second kappa shape index (κ2) is 3.16. The fourth-order valence-electron chi connectivity index (χ4n) is 1.48. The minimum Gasteiger partial charge on any atom is -0.411 e. The second-order valence-electron chi connectivity index (χ2n) is 3.94. The number of rotatable bonds is 0. The summed E-state index contributed by atoms with van der Waals surface area (Å²) in [7, 11) is 0. The van der Waals surface area contributed by atoms with Gasteiger partial charge in [-0.25, -0.2) is 0 Å². The zero-order valence-corrected chi connectivity index (χ0v) is 7.61. The molecule has 1 aliphatic carbocycles. The summed E-state index contributed by atoms with van der Waals surface area (Å²) < 4.78 is 0. The van der Waals surface area contributed by atoms with Crippen molar-refractivity contribution in [2.45, 2.75) is 26.7 Å². The molecule has 5 nitrogen and oxygen atoms in total. The molecular weight excluding hydrogens is 172 g/mol. The van der Waals surface area contributed by atoms with Gasteiger partial charge < -0.3 is 10.4 Å². The van der Waals surface area contributed by atoms with Crippen molar-refractivity contribution >= 4 is 17.2 Å². The fraction of sp³-hybridized carbons (Fsp3) is 0.625. The van der Waals surface area contributed by atoms with Gasteiger partial charge in [0, 0.05) is 12.8 Å². The van der Waals surface area contributed by atoms with Crippen LogP contribution < -0.4 is 0 Å². The molecule has 1 fully saturated rings. The number of nitrogens with zero attached hydrogens (tertiary/aromatic N) is 2. The average molecular weight is 184 g/mol. The van der Waals surface area contributed by atoms with Crippen LogP contribution in [0.25, 0.3) is 0 Å². The minimum atomic E-state index is -0.286. The molecule has 0 radical (unpaired) electrons. The van der Waals surface area contributed by atoms with E-state index in [9.17, 15) is 4.79 Å². The number of carbonyl (C=O) groups excluding carboxylic acids is 1. The molecular formula is C8H12N2O3. The highest BCUT2D eigenvalue weighted by atomic mass is 16.4. The summed E-state index contributed by atoms with van der Waals surface area (Å²) >= 11 is 0. The number of hydrogen-bond donors (Lipinski definition) is 2. The zero-order chi connectivity index (χ0) is 10.1. The third-order valence-electron chi connectivity index (χ3n) is 2.04. The van der Waals surface area contributed by atoms with Crippen molar-refractivity contribution in [1.82, 2.24) is 0 Å². The van der Waals surface area contributed by atoms with E-state index in [2.05, 4.69) is 10.3 Å². The van der Waals surface area contributed by atoms with Crippen molar-refractivity contribution in [2.75, 3.05) is 0 Å². The molecule has 0 spiro atoms. The van der Waals surface area contributed by atoms with E-state index in [0.717, 1.165) is 0 Å². The molecule has 0 unspecified atom stereocenters. The molecule has 0 atom stereocenters. The van der Waals surface area contributed by atoms with Crippen molar-refractivity contribution in [1.29, 1.82) is 0 Å². The Morgan fingerprint density at radius 3 is 2.31 bits per heavy atom. The van der Waals surface area contributed by atoms with Crippen LogP contribution in [0.2, 0.25) is 0 Å². The van der Waals surface area contributed by atoms with Gasteiger partial charge in [-0.05, 0) is 5.41 Å². The highest BCUT2D eigenvalue weighted by Crippen LogP contribution is 2.30. The summed E-state index contributed by atoms with van der Waals surface area (Å²) in [6, 6.07) is 0. The molecule has 0 aromatic heterocycles. The Bertz CT molecular complexity index is 292. The standard InChI is InChI=1S/C8H12N2O3/c1-8(2)3-5(9-12)7(10-13)6(11)4-8/h12-13H,3-4H2,1-2H3/b9-5-,10-7+. The Morgan fingerprint density at radius 2 is 1.85 bits per heavy atom. The van der Waals surface area contributed by atoms with Crippen LogP contribution in [-0.4, -0.2) is 27.6 Å². The molecule has 0 heterocycles. The molecule has 0 amide bonds. The first-order valence-corrected chi connectivity index (χ1v) is 3.97. The van der Waals surface area contributed by atoms with Gasteiger partial charge in [0.2, 0.25) is 0 Å². The third kappa shape index (κ3) is 1.85. The fourth-order valence-corrected chi connectivity index (χ4v) is 1.48. The smallest absolute Gasteiger partial charge is 0.187 e. The number of ketones is 1. The molecule has 2 N–H and O–H groups in total. The molecule has 72 valence electrons. The highest BCUT2D eigenvalue weighted by molar-refractivity contribution is 6.68. The predicted molar refractivity (Wildman–Crippen MR) is 46.5 cm³/mol. The van der Waals surface area contributed by atoms with E-state index in [0.29, 0.717) is 12.8 Å². The first kappa shape index (κ1) is 9.70. The first-order chi connectivity index (χ1) is 6.00. The van der Waals surface area contributed by atoms with Gasteiger partial charge in [0.25, 0.3) is 0 Å². The molecule has 0 aromatic rings. The van der Waals surface area contributed by atoms with Crippen molar-refractivity contribution in [3.63, 3.8) is 0 Å². The van der Waals surface area contributed by atoms with Crippen molar-refractivity contribution < 1.29 is 15.2 Å². The molecule has 0 saturated heterocycles. The van der Waals surface area contributed by atoms with E-state index < -0.39 is 0 Å². The highest BCUT2D eigenvalue weighted by Gasteiger charge is 2.36. The Labute approximate surface area is 75.7 Å². The predicted octanol–water partition coefficient (Wildman–Crippen LogP) is 1.04. The lowest BCUT2D eigenvalue weighted by atomic mass is 9.75. The summed E-state index contributed by atoms with van der Waals surface area (Å²) in [4.78, 5) is 11.3. The van der Waals surface area contributed by atoms with Crippen LogP contribution in [0.15, 0.2) is 10.3 Å².